The molecule has 0 radical (unpaired) electrons. The van der Waals surface area contributed by atoms with Crippen molar-refractivity contribution >= 4 is 29.6 Å². The van der Waals surface area contributed by atoms with E-state index in [2.05, 4.69) is 0 Å². The van der Waals surface area contributed by atoms with Gasteiger partial charge in [0.15, 0.2) is 24.5 Å². The van der Waals surface area contributed by atoms with Crippen LogP contribution in [0.25, 0.3) is 0 Å². The van der Waals surface area contributed by atoms with Crippen LogP contribution in [0.2, 0.25) is 0 Å². The Labute approximate surface area is 177 Å². The van der Waals surface area contributed by atoms with Crippen LogP contribution in [0.4, 0.5) is 5.69 Å². The Balaban J connectivity index is 3.76. The molecule has 0 aromatic heterocycles. The molecule has 0 aliphatic heterocycles. The molecule has 2 atom stereocenters. The molecule has 0 fully saturated rings. The van der Waals surface area contributed by atoms with E-state index in [1.54, 1.807) is 20.8 Å². The first-order valence-electron chi connectivity index (χ1n) is 9.23. The van der Waals surface area contributed by atoms with Gasteiger partial charge in [-0.05, 0) is 11.5 Å². The topological polar surface area (TPSA) is 204 Å². The van der Waals surface area contributed by atoms with Crippen LogP contribution in [-0.2, 0) is 31.1 Å². The maximum absolute atomic E-state index is 11.3. The van der Waals surface area contributed by atoms with Gasteiger partial charge in [0.05, 0.1) is 11.9 Å². The Morgan fingerprint density at radius 2 is 1.42 bits per heavy atom. The fourth-order valence-electron chi connectivity index (χ4n) is 3.28. The van der Waals surface area contributed by atoms with Crippen molar-refractivity contribution in [2.24, 2.45) is 0 Å². The van der Waals surface area contributed by atoms with E-state index in [1.807, 2.05) is 0 Å². The minimum absolute atomic E-state index is 0.102. The second-order valence-corrected chi connectivity index (χ2v) is 8.16. The van der Waals surface area contributed by atoms with Crippen LogP contribution >= 0.6 is 0 Å². The fraction of sp³-hybridized carbons (Fsp3) is 0.474. The van der Waals surface area contributed by atoms with E-state index >= 15 is 0 Å². The molecule has 0 spiro atoms. The second-order valence-electron chi connectivity index (χ2n) is 8.16. The SMILES string of the molecule is CC(C)(C)c1cc(O)c(C[NH+](CC(=O)[O-])CC(=O)O)c([NH+](CC(=O)[O-])CC(=O)O)c1O. The summed E-state index contributed by atoms with van der Waals surface area (Å²) in [6.07, 6.45) is 0. The van der Waals surface area contributed by atoms with Crippen LogP contribution in [0.15, 0.2) is 6.07 Å². The summed E-state index contributed by atoms with van der Waals surface area (Å²) in [4.78, 5) is 44.3. The summed E-state index contributed by atoms with van der Waals surface area (Å²) < 4.78 is 0. The number of benzene rings is 1. The van der Waals surface area contributed by atoms with Crippen molar-refractivity contribution in [2.75, 3.05) is 26.2 Å². The molecule has 0 heterocycles. The highest BCUT2D eigenvalue weighted by Crippen LogP contribution is 2.40. The third kappa shape index (κ3) is 7.42. The van der Waals surface area contributed by atoms with Gasteiger partial charge in [0.25, 0.3) is 0 Å². The highest BCUT2D eigenvalue weighted by Gasteiger charge is 2.34. The maximum Gasteiger partial charge on any atom is 0.359 e. The number of rotatable bonds is 11. The van der Waals surface area contributed by atoms with Gasteiger partial charge in [-0.1, -0.05) is 20.8 Å². The average Bonchev–Trinajstić information content (AvgIpc) is 2.54. The highest BCUT2D eigenvalue weighted by molar-refractivity contribution is 5.72. The molecule has 1 aromatic rings. The van der Waals surface area contributed by atoms with E-state index in [0.29, 0.717) is 0 Å². The summed E-state index contributed by atoms with van der Waals surface area (Å²) in [5.41, 5.74) is -1.02. The maximum atomic E-state index is 11.3. The summed E-state index contributed by atoms with van der Waals surface area (Å²) >= 11 is 0. The number of carbonyl (C=O) groups is 4. The van der Waals surface area contributed by atoms with Gasteiger partial charge >= 0.3 is 11.9 Å². The normalized spacial score (nSPS) is 13.4. The lowest BCUT2D eigenvalue weighted by molar-refractivity contribution is -0.902. The van der Waals surface area contributed by atoms with Crippen molar-refractivity contribution in [3.8, 4) is 11.5 Å². The number of phenols is 2. The van der Waals surface area contributed by atoms with Gasteiger partial charge in [-0.25, -0.2) is 9.59 Å². The molecule has 12 nitrogen and oxygen atoms in total. The number of nitrogens with one attached hydrogen (secondary N) is 2. The molecule has 172 valence electrons. The monoisotopic (exact) mass is 442 g/mol. The van der Waals surface area contributed by atoms with E-state index in [-0.39, 0.29) is 26.6 Å². The first-order chi connectivity index (χ1) is 14.1. The number of phenolic OH excluding ortho intramolecular Hbond substituents is 2. The third-order valence-corrected chi connectivity index (χ3v) is 4.49. The van der Waals surface area contributed by atoms with Crippen molar-refractivity contribution in [3.05, 3.63) is 17.2 Å². The van der Waals surface area contributed by atoms with Gasteiger partial charge in [0.1, 0.15) is 30.9 Å². The summed E-state index contributed by atoms with van der Waals surface area (Å²) in [6.45, 7) is 1.47. The van der Waals surface area contributed by atoms with Crippen molar-refractivity contribution < 1.29 is 59.6 Å². The predicted octanol–water partition coefficient (Wildman–Crippen LogP) is -5.03. The standard InChI is InChI=1S/C19H26N2O10/c1-19(2,3)11-4-12(22)10(5-20(6-13(23)24)7-14(25)26)17(18(11)31)21(8-15(27)28)9-16(29)30/h4,22,31H,5-9H2,1-3H3,(H,23,24)(H,25,26)(H,27,28)(H,29,30). The number of carboxylic acid groups (broad SMARTS) is 4. The van der Waals surface area contributed by atoms with Crippen molar-refractivity contribution in [3.63, 3.8) is 0 Å². The van der Waals surface area contributed by atoms with E-state index in [9.17, 15) is 44.7 Å². The predicted molar refractivity (Wildman–Crippen MR) is 98.5 cm³/mol. The first kappa shape index (κ1) is 25.7. The van der Waals surface area contributed by atoms with Gasteiger partial charge in [0, 0.05) is 5.56 Å². The zero-order valence-corrected chi connectivity index (χ0v) is 17.4. The lowest BCUT2D eigenvalue weighted by Gasteiger charge is -2.28. The van der Waals surface area contributed by atoms with Crippen LogP contribution < -0.4 is 20.0 Å². The minimum atomic E-state index is -1.63. The molecular weight excluding hydrogens is 416 g/mol. The molecule has 31 heavy (non-hydrogen) atoms. The Kier molecular flexibility index (Phi) is 8.35. The van der Waals surface area contributed by atoms with Gasteiger partial charge in [-0.2, -0.15) is 0 Å². The van der Waals surface area contributed by atoms with E-state index in [0.717, 1.165) is 0 Å². The van der Waals surface area contributed by atoms with Crippen molar-refractivity contribution in [1.29, 1.82) is 0 Å². The largest absolute Gasteiger partial charge is 0.544 e. The molecule has 0 amide bonds. The summed E-state index contributed by atoms with van der Waals surface area (Å²) in [5, 5.41) is 62.1. The van der Waals surface area contributed by atoms with Crippen LogP contribution in [0.1, 0.15) is 31.9 Å². The van der Waals surface area contributed by atoms with Gasteiger partial charge < -0.3 is 45.1 Å². The zero-order chi connectivity index (χ0) is 24.1. The van der Waals surface area contributed by atoms with E-state index in [4.69, 9.17) is 5.11 Å². The van der Waals surface area contributed by atoms with Gasteiger partial charge in [0.2, 0.25) is 0 Å². The quantitative estimate of drug-likeness (QED) is 0.142. The Morgan fingerprint density at radius 3 is 1.84 bits per heavy atom. The van der Waals surface area contributed by atoms with Gasteiger partial charge in [-0.3, -0.25) is 4.90 Å². The Bertz CT molecular complexity index is 843. The number of aliphatic carboxylic acids is 4. The number of carboxylic acids is 4. The number of hydrogen-bond acceptors (Lipinski definition) is 8. The summed E-state index contributed by atoms with van der Waals surface area (Å²) in [7, 11) is 0. The molecule has 0 saturated carbocycles. The van der Waals surface area contributed by atoms with E-state index in [1.165, 1.54) is 6.07 Å². The van der Waals surface area contributed by atoms with E-state index < -0.39 is 73.5 Å². The van der Waals surface area contributed by atoms with Crippen LogP contribution in [0, 0.1) is 0 Å². The van der Waals surface area contributed by atoms with Crippen molar-refractivity contribution in [1.82, 2.24) is 0 Å². The minimum Gasteiger partial charge on any atom is -0.544 e. The molecule has 2 unspecified atom stereocenters. The number of quaternary nitrogens is 2. The second kappa shape index (κ2) is 10.1. The Hall–Kier alpha value is -3.38. The molecule has 6 N–H and O–H groups in total. The fourth-order valence-corrected chi connectivity index (χ4v) is 3.28. The smallest absolute Gasteiger partial charge is 0.359 e. The molecule has 1 rings (SSSR count). The average molecular weight is 442 g/mol. The van der Waals surface area contributed by atoms with Crippen LogP contribution in [0.3, 0.4) is 0 Å². The highest BCUT2D eigenvalue weighted by atomic mass is 16.4. The molecule has 0 aliphatic carbocycles. The summed E-state index contributed by atoms with van der Waals surface area (Å²) in [5.74, 6) is -6.92. The zero-order valence-electron chi connectivity index (χ0n) is 17.4. The lowest BCUT2D eigenvalue weighted by atomic mass is 9.84. The van der Waals surface area contributed by atoms with Crippen molar-refractivity contribution in [2.45, 2.75) is 32.7 Å². The molecule has 1 aromatic carbocycles. The lowest BCUT2D eigenvalue weighted by Crippen LogP contribution is -3.14. The Morgan fingerprint density at radius 1 is 0.903 bits per heavy atom. The summed E-state index contributed by atoms with van der Waals surface area (Å²) in [6, 6.07) is 1.20. The molecule has 0 bridgehead atoms. The van der Waals surface area contributed by atoms with Crippen LogP contribution in [0.5, 0.6) is 11.5 Å². The molecule has 0 saturated heterocycles. The van der Waals surface area contributed by atoms with Crippen LogP contribution in [-0.4, -0.2) is 70.5 Å². The molecular formula is C19H26N2O10. The number of aromatic hydroxyl groups is 2. The first-order valence-corrected chi connectivity index (χ1v) is 9.23. The molecule has 0 aliphatic rings. The number of carbonyl (C=O) groups excluding carboxylic acids is 2. The third-order valence-electron chi connectivity index (χ3n) is 4.49. The molecule has 12 heteroatoms. The van der Waals surface area contributed by atoms with Gasteiger partial charge in [-0.15, -0.1) is 0 Å². The number of hydrogen-bond donors (Lipinski definition) is 6.